The molecule has 0 spiro atoms. The van der Waals surface area contributed by atoms with E-state index >= 15 is 0 Å². The van der Waals surface area contributed by atoms with Gasteiger partial charge in [-0.15, -0.1) is 0 Å². The maximum Gasteiger partial charge on any atom is 0.257 e. The molecule has 0 radical (unpaired) electrons. The minimum Gasteiger partial charge on any atom is -0.367 e. The van der Waals surface area contributed by atoms with E-state index in [0.717, 1.165) is 5.56 Å². The van der Waals surface area contributed by atoms with Gasteiger partial charge in [-0.25, -0.2) is 4.39 Å². The summed E-state index contributed by atoms with van der Waals surface area (Å²) in [6, 6.07) is 4.56. The number of benzene rings is 1. The first-order chi connectivity index (χ1) is 9.32. The molecule has 20 heavy (non-hydrogen) atoms. The Morgan fingerprint density at radius 1 is 1.55 bits per heavy atom. The fourth-order valence-corrected chi connectivity index (χ4v) is 2.55. The van der Waals surface area contributed by atoms with E-state index in [4.69, 9.17) is 10.5 Å². The predicted octanol–water partition coefficient (Wildman–Crippen LogP) is 1.71. The average Bonchev–Trinajstić information content (AvgIpc) is 2.38. The van der Waals surface area contributed by atoms with Crippen molar-refractivity contribution in [3.05, 3.63) is 35.1 Å². The molecule has 0 bridgehead atoms. The van der Waals surface area contributed by atoms with E-state index in [1.807, 2.05) is 20.8 Å². The maximum absolute atomic E-state index is 13.8. The van der Waals surface area contributed by atoms with Crippen molar-refractivity contribution < 1.29 is 13.9 Å². The summed E-state index contributed by atoms with van der Waals surface area (Å²) in [6.45, 7) is 6.80. The molecule has 1 aromatic rings. The monoisotopic (exact) mass is 280 g/mol. The van der Waals surface area contributed by atoms with Crippen LogP contribution in [0.25, 0.3) is 0 Å². The zero-order valence-electron chi connectivity index (χ0n) is 12.1. The molecule has 0 saturated carbocycles. The fraction of sp³-hybridized carbons (Fsp3) is 0.533. The summed E-state index contributed by atoms with van der Waals surface area (Å²) < 4.78 is 19.6. The van der Waals surface area contributed by atoms with Crippen LogP contribution >= 0.6 is 0 Å². The van der Waals surface area contributed by atoms with Gasteiger partial charge in [0.25, 0.3) is 5.91 Å². The number of nitrogens with zero attached hydrogens (tertiary/aromatic N) is 1. The summed E-state index contributed by atoms with van der Waals surface area (Å²) in [5, 5.41) is 0. The lowest BCUT2D eigenvalue weighted by molar-refractivity contribution is -0.122. The molecule has 1 aromatic carbocycles. The van der Waals surface area contributed by atoms with Crippen molar-refractivity contribution in [1.82, 2.24) is 4.90 Å². The van der Waals surface area contributed by atoms with Gasteiger partial charge in [-0.2, -0.15) is 0 Å². The van der Waals surface area contributed by atoms with Crippen LogP contribution in [0.3, 0.4) is 0 Å². The Kier molecular flexibility index (Phi) is 4.11. The lowest BCUT2D eigenvalue weighted by Gasteiger charge is -2.42. The van der Waals surface area contributed by atoms with E-state index in [1.165, 1.54) is 6.07 Å². The number of nitrogens with two attached hydrogens (primary N) is 1. The molecule has 1 amide bonds. The Morgan fingerprint density at radius 3 is 2.90 bits per heavy atom. The van der Waals surface area contributed by atoms with Gasteiger partial charge >= 0.3 is 0 Å². The molecule has 4 nitrogen and oxygen atoms in total. The summed E-state index contributed by atoms with van der Waals surface area (Å²) in [6.07, 6.45) is -0.212. The fourth-order valence-electron chi connectivity index (χ4n) is 2.55. The zero-order valence-corrected chi connectivity index (χ0v) is 12.1. The van der Waals surface area contributed by atoms with Crippen LogP contribution in [0.4, 0.5) is 4.39 Å². The topological polar surface area (TPSA) is 55.6 Å². The van der Waals surface area contributed by atoms with Crippen molar-refractivity contribution in [3.63, 3.8) is 0 Å². The Bertz CT molecular complexity index is 517. The molecule has 1 aliphatic heterocycles. The van der Waals surface area contributed by atoms with Crippen molar-refractivity contribution in [2.24, 2.45) is 5.73 Å². The Balaban J connectivity index is 2.25. The van der Waals surface area contributed by atoms with E-state index in [-0.39, 0.29) is 17.6 Å². The molecule has 0 aromatic heterocycles. The van der Waals surface area contributed by atoms with Gasteiger partial charge in [0.05, 0.1) is 17.3 Å². The van der Waals surface area contributed by atoms with E-state index in [2.05, 4.69) is 0 Å². The molecule has 1 fully saturated rings. The van der Waals surface area contributed by atoms with Crippen LogP contribution in [-0.2, 0) is 4.74 Å². The largest absolute Gasteiger partial charge is 0.367 e. The van der Waals surface area contributed by atoms with Gasteiger partial charge in [-0.05, 0) is 32.9 Å². The molecule has 0 aliphatic carbocycles. The minimum atomic E-state index is -0.491. The highest BCUT2D eigenvalue weighted by atomic mass is 19.1. The highest BCUT2D eigenvalue weighted by Gasteiger charge is 2.35. The lowest BCUT2D eigenvalue weighted by Crippen LogP contribution is -2.56. The van der Waals surface area contributed by atoms with Crippen molar-refractivity contribution in [1.29, 1.82) is 0 Å². The van der Waals surface area contributed by atoms with Gasteiger partial charge < -0.3 is 15.4 Å². The molecule has 1 unspecified atom stereocenters. The van der Waals surface area contributed by atoms with E-state index in [9.17, 15) is 9.18 Å². The molecule has 1 saturated heterocycles. The number of hydrogen-bond acceptors (Lipinski definition) is 3. The zero-order chi connectivity index (χ0) is 14.9. The van der Waals surface area contributed by atoms with Gasteiger partial charge in [0, 0.05) is 19.6 Å². The molecule has 2 N–H and O–H groups in total. The summed E-state index contributed by atoms with van der Waals surface area (Å²) in [4.78, 5) is 14.1. The number of morpholine rings is 1. The van der Waals surface area contributed by atoms with Crippen LogP contribution in [0.2, 0.25) is 0 Å². The Morgan fingerprint density at radius 2 is 2.25 bits per heavy atom. The first kappa shape index (κ1) is 14.9. The highest BCUT2D eigenvalue weighted by molar-refractivity contribution is 5.94. The molecular formula is C15H21FN2O2. The van der Waals surface area contributed by atoms with Crippen molar-refractivity contribution in [2.75, 3.05) is 19.6 Å². The molecule has 1 aliphatic rings. The highest BCUT2D eigenvalue weighted by Crippen LogP contribution is 2.23. The second-order valence-electron chi connectivity index (χ2n) is 5.90. The quantitative estimate of drug-likeness (QED) is 0.897. The lowest BCUT2D eigenvalue weighted by atomic mass is 10.0. The first-order valence-electron chi connectivity index (χ1n) is 6.76. The minimum absolute atomic E-state index is 0.110. The molecule has 1 atom stereocenters. The second kappa shape index (κ2) is 5.50. The first-order valence-corrected chi connectivity index (χ1v) is 6.76. The third-order valence-electron chi connectivity index (χ3n) is 3.38. The van der Waals surface area contributed by atoms with Crippen LogP contribution in [0, 0.1) is 12.7 Å². The average molecular weight is 280 g/mol. The predicted molar refractivity (Wildman–Crippen MR) is 75.0 cm³/mol. The summed E-state index contributed by atoms with van der Waals surface area (Å²) >= 11 is 0. The third kappa shape index (κ3) is 3.16. The van der Waals surface area contributed by atoms with Crippen LogP contribution in [-0.4, -0.2) is 42.1 Å². The van der Waals surface area contributed by atoms with E-state index in [0.29, 0.717) is 19.6 Å². The van der Waals surface area contributed by atoms with Gasteiger partial charge in [0.15, 0.2) is 0 Å². The molecule has 2 rings (SSSR count). The standard InChI is InChI=1S/C15H21FN2O2/c1-10-4-5-13(16)12(6-10)14(19)18-8-11(7-17)20-15(2,3)9-18/h4-6,11H,7-9,17H2,1-3H3. The summed E-state index contributed by atoms with van der Waals surface area (Å²) in [5.74, 6) is -0.796. The van der Waals surface area contributed by atoms with Gasteiger partial charge in [0.1, 0.15) is 5.82 Å². The van der Waals surface area contributed by atoms with Crippen LogP contribution in [0.5, 0.6) is 0 Å². The molecule has 1 heterocycles. The van der Waals surface area contributed by atoms with Crippen LogP contribution < -0.4 is 5.73 Å². The number of aryl methyl sites for hydroxylation is 1. The number of amides is 1. The van der Waals surface area contributed by atoms with Crippen molar-refractivity contribution >= 4 is 5.91 Å². The smallest absolute Gasteiger partial charge is 0.257 e. The maximum atomic E-state index is 13.8. The van der Waals surface area contributed by atoms with Crippen LogP contribution in [0.1, 0.15) is 29.8 Å². The van der Waals surface area contributed by atoms with E-state index in [1.54, 1.807) is 17.0 Å². The second-order valence-corrected chi connectivity index (χ2v) is 5.90. The van der Waals surface area contributed by atoms with Gasteiger partial charge in [-0.3, -0.25) is 4.79 Å². The molecular weight excluding hydrogens is 259 g/mol. The third-order valence-corrected chi connectivity index (χ3v) is 3.38. The number of carbonyl (C=O) groups is 1. The van der Waals surface area contributed by atoms with Crippen molar-refractivity contribution in [3.8, 4) is 0 Å². The normalized spacial score (nSPS) is 21.9. The number of halogens is 1. The van der Waals surface area contributed by atoms with E-state index < -0.39 is 11.4 Å². The number of rotatable bonds is 2. The van der Waals surface area contributed by atoms with Gasteiger partial charge in [0.2, 0.25) is 0 Å². The molecule has 110 valence electrons. The van der Waals surface area contributed by atoms with Gasteiger partial charge in [-0.1, -0.05) is 11.6 Å². The number of ether oxygens (including phenoxy) is 1. The SMILES string of the molecule is Cc1ccc(F)c(C(=O)N2CC(CN)OC(C)(C)C2)c1. The van der Waals surface area contributed by atoms with Crippen LogP contribution in [0.15, 0.2) is 18.2 Å². The molecule has 5 heteroatoms. The van der Waals surface area contributed by atoms with Crippen molar-refractivity contribution in [2.45, 2.75) is 32.5 Å². The summed E-state index contributed by atoms with van der Waals surface area (Å²) in [7, 11) is 0. The number of hydrogen-bond donors (Lipinski definition) is 1. The number of carbonyl (C=O) groups excluding carboxylic acids is 1. The Hall–Kier alpha value is -1.46. The Labute approximate surface area is 118 Å². The summed E-state index contributed by atoms with van der Waals surface area (Å²) in [5.41, 5.74) is 6.14.